The van der Waals surface area contributed by atoms with Crippen molar-refractivity contribution in [3.05, 3.63) is 0 Å². The van der Waals surface area contributed by atoms with E-state index in [0.29, 0.717) is 31.0 Å². The predicted molar refractivity (Wildman–Crippen MR) is 84.3 cm³/mol. The monoisotopic (exact) mass is 325 g/mol. The van der Waals surface area contributed by atoms with E-state index in [1.165, 1.54) is 0 Å². The van der Waals surface area contributed by atoms with Gasteiger partial charge in [0.15, 0.2) is 0 Å². The maximum absolute atomic E-state index is 12.4. The Labute approximate surface area is 129 Å². The Hall–Kier alpha value is 0.120. The number of rotatable bonds is 3. The van der Waals surface area contributed by atoms with Crippen LogP contribution in [0.4, 0.5) is 0 Å². The summed E-state index contributed by atoms with van der Waals surface area (Å²) in [5, 5.41) is 3.34. The Morgan fingerprint density at radius 3 is 2.25 bits per heavy atom. The van der Waals surface area contributed by atoms with Gasteiger partial charge in [0, 0.05) is 25.2 Å². The molecule has 7 heteroatoms. The third kappa shape index (κ3) is 4.84. The van der Waals surface area contributed by atoms with Gasteiger partial charge in [-0.1, -0.05) is 13.8 Å². The van der Waals surface area contributed by atoms with Gasteiger partial charge in [-0.3, -0.25) is 0 Å². The summed E-state index contributed by atoms with van der Waals surface area (Å²) in [6.07, 6.45) is 2.87. The number of hydrogen-bond acceptors (Lipinski definition) is 3. The van der Waals surface area contributed by atoms with Gasteiger partial charge in [0.2, 0.25) is 0 Å². The molecular weight excluding hydrogens is 298 g/mol. The third-order valence-electron chi connectivity index (χ3n) is 4.11. The minimum atomic E-state index is -3.32. The maximum Gasteiger partial charge on any atom is 0.279 e. The highest BCUT2D eigenvalue weighted by Gasteiger charge is 2.32. The van der Waals surface area contributed by atoms with Gasteiger partial charge in [0.1, 0.15) is 0 Å². The first-order valence-electron chi connectivity index (χ1n) is 7.37. The van der Waals surface area contributed by atoms with E-state index < -0.39 is 10.2 Å². The molecule has 0 aliphatic carbocycles. The van der Waals surface area contributed by atoms with Crippen LogP contribution >= 0.6 is 12.4 Å². The van der Waals surface area contributed by atoms with Crippen molar-refractivity contribution in [3.63, 3.8) is 0 Å². The minimum absolute atomic E-state index is 0. The first-order valence-corrected chi connectivity index (χ1v) is 8.81. The van der Waals surface area contributed by atoms with Crippen LogP contribution in [-0.4, -0.2) is 44.4 Å². The fourth-order valence-electron chi connectivity index (χ4n) is 3.33. The number of piperidine rings is 2. The highest BCUT2D eigenvalue weighted by molar-refractivity contribution is 7.87. The van der Waals surface area contributed by atoms with Crippen molar-refractivity contribution >= 4 is 22.6 Å². The topological polar surface area (TPSA) is 61.4 Å². The summed E-state index contributed by atoms with van der Waals surface area (Å²) in [6, 6.07) is 0.467. The second kappa shape index (κ2) is 7.40. The summed E-state index contributed by atoms with van der Waals surface area (Å²) in [4.78, 5) is 0. The molecule has 2 fully saturated rings. The van der Waals surface area contributed by atoms with Crippen molar-refractivity contribution in [3.8, 4) is 0 Å². The second-order valence-corrected chi connectivity index (χ2v) is 8.16. The van der Waals surface area contributed by atoms with Crippen LogP contribution < -0.4 is 10.0 Å². The fourth-order valence-corrected chi connectivity index (χ4v) is 5.01. The van der Waals surface area contributed by atoms with E-state index in [4.69, 9.17) is 0 Å². The van der Waals surface area contributed by atoms with Gasteiger partial charge < -0.3 is 5.32 Å². The van der Waals surface area contributed by atoms with E-state index in [9.17, 15) is 8.42 Å². The molecule has 120 valence electrons. The largest absolute Gasteiger partial charge is 0.314 e. The summed E-state index contributed by atoms with van der Waals surface area (Å²) in [5.74, 6) is 0.902. The number of halogens is 1. The normalized spacial score (nSPS) is 36.4. The zero-order valence-electron chi connectivity index (χ0n) is 12.6. The van der Waals surface area contributed by atoms with Gasteiger partial charge in [-0.2, -0.15) is 17.4 Å². The van der Waals surface area contributed by atoms with Crippen molar-refractivity contribution < 1.29 is 8.42 Å². The fraction of sp³-hybridized carbons (Fsp3) is 1.00. The molecule has 0 radical (unpaired) electrons. The SMILES string of the molecule is CC1CC(C)CN(S(=O)(=O)NC2CCNC(C)C2)C1.Cl. The maximum atomic E-state index is 12.4. The van der Waals surface area contributed by atoms with Crippen LogP contribution in [0.2, 0.25) is 0 Å². The Kier molecular flexibility index (Phi) is 6.73. The average Bonchev–Trinajstić information content (AvgIpc) is 2.26. The summed E-state index contributed by atoms with van der Waals surface area (Å²) in [7, 11) is -3.32. The first kappa shape index (κ1) is 18.2. The van der Waals surface area contributed by atoms with E-state index in [2.05, 4.69) is 30.8 Å². The molecule has 2 aliphatic heterocycles. The van der Waals surface area contributed by atoms with Crippen LogP contribution in [0.25, 0.3) is 0 Å². The van der Waals surface area contributed by atoms with Crippen LogP contribution in [0.5, 0.6) is 0 Å². The van der Waals surface area contributed by atoms with Crippen molar-refractivity contribution in [2.45, 2.75) is 52.1 Å². The standard InChI is InChI=1S/C13H27N3O2S.ClH/c1-10-6-11(2)9-16(8-10)19(17,18)15-13-4-5-14-12(3)7-13;/h10-15H,4-9H2,1-3H3;1H. The second-order valence-electron chi connectivity index (χ2n) is 6.46. The zero-order valence-corrected chi connectivity index (χ0v) is 14.3. The molecular formula is C13H28ClN3O2S. The molecule has 0 aromatic heterocycles. The van der Waals surface area contributed by atoms with Gasteiger partial charge >= 0.3 is 0 Å². The predicted octanol–water partition coefficient (Wildman–Crippen LogP) is 1.36. The van der Waals surface area contributed by atoms with E-state index in [-0.39, 0.29) is 18.4 Å². The Balaban J connectivity index is 0.00000200. The van der Waals surface area contributed by atoms with E-state index >= 15 is 0 Å². The first-order chi connectivity index (χ1) is 8.87. The summed E-state index contributed by atoms with van der Waals surface area (Å²) in [6.45, 7) is 8.56. The van der Waals surface area contributed by atoms with E-state index in [1.54, 1.807) is 4.31 Å². The number of nitrogens with zero attached hydrogens (tertiary/aromatic N) is 1. The third-order valence-corrected chi connectivity index (χ3v) is 5.72. The molecule has 0 aromatic carbocycles. The van der Waals surface area contributed by atoms with Gasteiger partial charge in [-0.15, -0.1) is 12.4 Å². The molecule has 0 bridgehead atoms. The molecule has 20 heavy (non-hydrogen) atoms. The lowest BCUT2D eigenvalue weighted by Gasteiger charge is -2.36. The smallest absolute Gasteiger partial charge is 0.279 e. The molecule has 2 aliphatic rings. The van der Waals surface area contributed by atoms with E-state index in [1.807, 2.05) is 0 Å². The molecule has 2 N–H and O–H groups in total. The van der Waals surface area contributed by atoms with Crippen LogP contribution in [-0.2, 0) is 10.2 Å². The van der Waals surface area contributed by atoms with Crippen LogP contribution in [0.15, 0.2) is 0 Å². The van der Waals surface area contributed by atoms with Crippen LogP contribution in [0, 0.1) is 11.8 Å². The van der Waals surface area contributed by atoms with Crippen LogP contribution in [0.3, 0.4) is 0 Å². The quantitative estimate of drug-likeness (QED) is 0.823. The lowest BCUT2D eigenvalue weighted by molar-refractivity contribution is 0.218. The lowest BCUT2D eigenvalue weighted by Crippen LogP contribution is -2.53. The average molecular weight is 326 g/mol. The highest BCUT2D eigenvalue weighted by atomic mass is 35.5. The molecule has 0 amide bonds. The van der Waals surface area contributed by atoms with Crippen molar-refractivity contribution in [1.29, 1.82) is 0 Å². The molecule has 4 atom stereocenters. The Morgan fingerprint density at radius 2 is 1.70 bits per heavy atom. The lowest BCUT2D eigenvalue weighted by atomic mass is 9.94. The minimum Gasteiger partial charge on any atom is -0.314 e. The van der Waals surface area contributed by atoms with Gasteiger partial charge in [-0.25, -0.2) is 0 Å². The number of nitrogens with one attached hydrogen (secondary N) is 2. The Bertz CT molecular complexity index is 394. The summed E-state index contributed by atoms with van der Waals surface area (Å²) >= 11 is 0. The summed E-state index contributed by atoms with van der Waals surface area (Å²) < 4.78 is 29.4. The number of hydrogen-bond donors (Lipinski definition) is 2. The van der Waals surface area contributed by atoms with Crippen molar-refractivity contribution in [2.24, 2.45) is 11.8 Å². The molecule has 5 nitrogen and oxygen atoms in total. The molecule has 0 saturated carbocycles. The summed E-state index contributed by atoms with van der Waals surface area (Å²) in [5.41, 5.74) is 0. The molecule has 2 rings (SSSR count). The van der Waals surface area contributed by atoms with Crippen molar-refractivity contribution in [2.75, 3.05) is 19.6 Å². The Morgan fingerprint density at radius 1 is 1.10 bits per heavy atom. The highest BCUT2D eigenvalue weighted by Crippen LogP contribution is 2.23. The van der Waals surface area contributed by atoms with Gasteiger partial charge in [-0.05, 0) is 44.6 Å². The van der Waals surface area contributed by atoms with Crippen LogP contribution in [0.1, 0.15) is 40.0 Å². The van der Waals surface area contributed by atoms with Crippen molar-refractivity contribution in [1.82, 2.24) is 14.3 Å². The molecule has 2 saturated heterocycles. The molecule has 4 unspecified atom stereocenters. The van der Waals surface area contributed by atoms with Gasteiger partial charge in [0.05, 0.1) is 0 Å². The molecule has 0 spiro atoms. The van der Waals surface area contributed by atoms with E-state index in [0.717, 1.165) is 25.8 Å². The molecule has 2 heterocycles. The van der Waals surface area contributed by atoms with Gasteiger partial charge in [0.25, 0.3) is 10.2 Å². The molecule has 0 aromatic rings. The zero-order chi connectivity index (χ0) is 14.0.